The number of allylic oxidation sites excluding steroid dienone is 2. The summed E-state index contributed by atoms with van der Waals surface area (Å²) in [6.07, 6.45) is 9.48. The molecule has 0 saturated heterocycles. The molecule has 6 atom stereocenters. The fraction of sp³-hybridized carbons (Fsp3) is 0.667. The molecule has 5 nitrogen and oxygen atoms in total. The van der Waals surface area contributed by atoms with E-state index in [-0.39, 0.29) is 23.9 Å². The Balaban J connectivity index is 1.69. The van der Waals surface area contributed by atoms with Crippen LogP contribution in [-0.4, -0.2) is 45.7 Å². The van der Waals surface area contributed by atoms with E-state index in [1.807, 2.05) is 32.0 Å². The fourth-order valence-corrected chi connectivity index (χ4v) is 4.52. The van der Waals surface area contributed by atoms with Gasteiger partial charge in [0.1, 0.15) is 0 Å². The van der Waals surface area contributed by atoms with Crippen LogP contribution in [0.5, 0.6) is 0 Å². The van der Waals surface area contributed by atoms with Crippen LogP contribution in [-0.2, 0) is 16.0 Å². The molecule has 0 aromatic heterocycles. The Morgan fingerprint density at radius 1 is 1.12 bits per heavy atom. The summed E-state index contributed by atoms with van der Waals surface area (Å²) in [5, 5.41) is 31.2. The number of ether oxygens (including phenoxy) is 1. The molecule has 1 aliphatic carbocycles. The second-order valence-corrected chi connectivity index (χ2v) is 9.26. The van der Waals surface area contributed by atoms with Crippen LogP contribution in [0.3, 0.4) is 0 Å². The Morgan fingerprint density at radius 3 is 2.56 bits per heavy atom. The lowest BCUT2D eigenvalue weighted by molar-refractivity contribution is -0.148. The topological polar surface area (TPSA) is 87.0 Å². The average Bonchev–Trinajstić information content (AvgIpc) is 3.05. The number of rotatable bonds is 14. The predicted molar refractivity (Wildman–Crippen MR) is 127 cm³/mol. The van der Waals surface area contributed by atoms with E-state index in [2.05, 4.69) is 24.3 Å². The summed E-state index contributed by atoms with van der Waals surface area (Å²) in [5.74, 6) is -0.127. The van der Waals surface area contributed by atoms with Crippen molar-refractivity contribution in [3.63, 3.8) is 0 Å². The lowest BCUT2D eigenvalue weighted by atomic mass is 9.85. The van der Waals surface area contributed by atoms with Crippen molar-refractivity contribution in [2.24, 2.45) is 11.8 Å². The number of carbonyl (C=O) groups excluding carboxylic acids is 1. The van der Waals surface area contributed by atoms with Crippen molar-refractivity contribution in [2.45, 2.75) is 102 Å². The number of hydrogen-bond donors (Lipinski definition) is 3. The molecule has 1 aromatic carbocycles. The molecule has 1 fully saturated rings. The minimum absolute atomic E-state index is 0.00605. The molecular weight excluding hydrogens is 404 g/mol. The second-order valence-electron chi connectivity index (χ2n) is 9.26. The molecule has 3 N–H and O–H groups in total. The van der Waals surface area contributed by atoms with E-state index in [4.69, 9.17) is 4.74 Å². The van der Waals surface area contributed by atoms with Crippen LogP contribution in [0.2, 0.25) is 0 Å². The molecule has 32 heavy (non-hydrogen) atoms. The minimum atomic E-state index is -0.514. The predicted octanol–water partition coefficient (Wildman–Crippen LogP) is 4.58. The van der Waals surface area contributed by atoms with E-state index in [1.165, 1.54) is 5.56 Å². The smallest absolute Gasteiger partial charge is 0.306 e. The minimum Gasteiger partial charge on any atom is -0.463 e. The maximum Gasteiger partial charge on any atom is 0.306 e. The largest absolute Gasteiger partial charge is 0.463 e. The molecule has 0 bridgehead atoms. The standard InChI is InChI=1S/C27H42O5/c1-3-20(2)32-27(31)14-10-5-4-9-13-23-24(26(30)19-25(23)29)18-17-22(28)16-15-21-11-7-6-8-12-21/h4,6-9,11-12,20,22-26,28-30H,3,5,10,13-19H2,1-2H3/t20?,22-,23?,24?,25-,26+/m0/s1. The summed E-state index contributed by atoms with van der Waals surface area (Å²) >= 11 is 0. The molecule has 0 spiro atoms. The highest BCUT2D eigenvalue weighted by Gasteiger charge is 2.40. The Labute approximate surface area is 193 Å². The van der Waals surface area contributed by atoms with Crippen LogP contribution in [0, 0.1) is 11.8 Å². The van der Waals surface area contributed by atoms with E-state index < -0.39 is 18.3 Å². The van der Waals surface area contributed by atoms with Crippen molar-refractivity contribution in [2.75, 3.05) is 0 Å². The lowest BCUT2D eigenvalue weighted by Crippen LogP contribution is -2.23. The van der Waals surface area contributed by atoms with Gasteiger partial charge in [-0.2, -0.15) is 0 Å². The monoisotopic (exact) mass is 446 g/mol. The van der Waals surface area contributed by atoms with Crippen molar-refractivity contribution in [1.29, 1.82) is 0 Å². The third-order valence-corrected chi connectivity index (χ3v) is 6.70. The molecule has 3 unspecified atom stereocenters. The van der Waals surface area contributed by atoms with Crippen LogP contribution in [0.15, 0.2) is 42.5 Å². The molecule has 0 aliphatic heterocycles. The van der Waals surface area contributed by atoms with Gasteiger partial charge in [0.2, 0.25) is 0 Å². The lowest BCUT2D eigenvalue weighted by Gasteiger charge is -2.23. The number of hydrogen-bond acceptors (Lipinski definition) is 5. The first-order valence-corrected chi connectivity index (χ1v) is 12.3. The number of aliphatic hydroxyl groups excluding tert-OH is 3. The van der Waals surface area contributed by atoms with Gasteiger partial charge in [0.15, 0.2) is 0 Å². The van der Waals surface area contributed by atoms with Gasteiger partial charge < -0.3 is 20.1 Å². The molecule has 0 amide bonds. The second kappa shape index (κ2) is 14.5. The molecule has 1 aliphatic rings. The molecule has 180 valence electrons. The molecule has 0 radical (unpaired) electrons. The van der Waals surface area contributed by atoms with Gasteiger partial charge in [0.05, 0.1) is 24.4 Å². The Bertz CT molecular complexity index is 674. The van der Waals surface area contributed by atoms with Crippen molar-refractivity contribution in [3.8, 4) is 0 Å². The average molecular weight is 447 g/mol. The van der Waals surface area contributed by atoms with Crippen LogP contribution in [0.4, 0.5) is 0 Å². The van der Waals surface area contributed by atoms with Gasteiger partial charge in [-0.3, -0.25) is 4.79 Å². The molecular formula is C27H42O5. The van der Waals surface area contributed by atoms with Gasteiger partial charge in [-0.05, 0) is 82.1 Å². The molecule has 5 heteroatoms. The van der Waals surface area contributed by atoms with Gasteiger partial charge in [-0.1, -0.05) is 49.4 Å². The number of esters is 1. The molecule has 2 rings (SSSR count). The van der Waals surface area contributed by atoms with Crippen molar-refractivity contribution in [3.05, 3.63) is 48.0 Å². The summed E-state index contributed by atoms with van der Waals surface area (Å²) in [5.41, 5.74) is 1.22. The van der Waals surface area contributed by atoms with E-state index >= 15 is 0 Å². The zero-order chi connectivity index (χ0) is 23.3. The summed E-state index contributed by atoms with van der Waals surface area (Å²) in [7, 11) is 0. The SMILES string of the molecule is CCC(C)OC(=O)CCCC=CCC1C(CC[C@@H](O)CCc2ccccc2)[C@H](O)C[C@@H]1O. The van der Waals surface area contributed by atoms with E-state index in [1.54, 1.807) is 0 Å². The maximum absolute atomic E-state index is 11.7. The molecule has 1 aromatic rings. The van der Waals surface area contributed by atoms with Gasteiger partial charge in [0.25, 0.3) is 0 Å². The first kappa shape index (κ1) is 26.6. The number of carbonyl (C=O) groups is 1. The van der Waals surface area contributed by atoms with Gasteiger partial charge in [-0.25, -0.2) is 0 Å². The zero-order valence-electron chi connectivity index (χ0n) is 19.7. The van der Waals surface area contributed by atoms with Crippen molar-refractivity contribution < 1.29 is 24.9 Å². The van der Waals surface area contributed by atoms with Gasteiger partial charge in [-0.15, -0.1) is 0 Å². The molecule has 0 heterocycles. The highest BCUT2D eigenvalue weighted by Crippen LogP contribution is 2.38. The summed E-state index contributed by atoms with van der Waals surface area (Å²) in [4.78, 5) is 11.7. The quantitative estimate of drug-likeness (QED) is 0.221. The summed E-state index contributed by atoms with van der Waals surface area (Å²) < 4.78 is 5.27. The third kappa shape index (κ3) is 9.43. The van der Waals surface area contributed by atoms with Crippen LogP contribution < -0.4 is 0 Å². The highest BCUT2D eigenvalue weighted by atomic mass is 16.5. The first-order chi connectivity index (χ1) is 15.4. The highest BCUT2D eigenvalue weighted by molar-refractivity contribution is 5.69. The zero-order valence-corrected chi connectivity index (χ0v) is 19.7. The van der Waals surface area contributed by atoms with Crippen LogP contribution >= 0.6 is 0 Å². The Kier molecular flexibility index (Phi) is 12.0. The van der Waals surface area contributed by atoms with E-state index in [0.717, 1.165) is 25.7 Å². The van der Waals surface area contributed by atoms with Crippen molar-refractivity contribution >= 4 is 5.97 Å². The summed E-state index contributed by atoms with van der Waals surface area (Å²) in [6, 6.07) is 10.1. The Morgan fingerprint density at radius 2 is 1.84 bits per heavy atom. The van der Waals surface area contributed by atoms with Gasteiger partial charge >= 0.3 is 5.97 Å². The number of aryl methyl sites for hydroxylation is 1. The van der Waals surface area contributed by atoms with Crippen LogP contribution in [0.1, 0.15) is 77.2 Å². The van der Waals surface area contributed by atoms with E-state index in [9.17, 15) is 20.1 Å². The third-order valence-electron chi connectivity index (χ3n) is 6.70. The molecule has 1 saturated carbocycles. The van der Waals surface area contributed by atoms with Gasteiger partial charge in [0, 0.05) is 6.42 Å². The fourth-order valence-electron chi connectivity index (χ4n) is 4.52. The first-order valence-electron chi connectivity index (χ1n) is 12.3. The maximum atomic E-state index is 11.7. The van der Waals surface area contributed by atoms with Crippen LogP contribution in [0.25, 0.3) is 0 Å². The Hall–Kier alpha value is -1.69. The normalized spacial score (nSPS) is 25.2. The number of aliphatic hydroxyl groups is 3. The summed E-state index contributed by atoms with van der Waals surface area (Å²) in [6.45, 7) is 3.89. The number of unbranched alkanes of at least 4 members (excludes halogenated alkanes) is 1. The van der Waals surface area contributed by atoms with E-state index in [0.29, 0.717) is 38.5 Å². The number of benzene rings is 1. The van der Waals surface area contributed by atoms with Crippen molar-refractivity contribution in [1.82, 2.24) is 0 Å².